The molecule has 1 heterocycles. The number of oxazole rings is 1. The van der Waals surface area contributed by atoms with Crippen LogP contribution in [0.25, 0.3) is 11.3 Å². The molecular formula is C21H18FN3O2S. The van der Waals surface area contributed by atoms with E-state index in [0.717, 1.165) is 5.69 Å². The van der Waals surface area contributed by atoms with Crippen LogP contribution in [0.1, 0.15) is 13.3 Å². The van der Waals surface area contributed by atoms with Crippen molar-refractivity contribution in [3.63, 3.8) is 0 Å². The summed E-state index contributed by atoms with van der Waals surface area (Å²) in [6, 6.07) is 17.2. The second-order valence-corrected chi connectivity index (χ2v) is 7.28. The fourth-order valence-electron chi connectivity index (χ4n) is 2.62. The molecule has 0 aliphatic carbocycles. The Morgan fingerprint density at radius 1 is 1.25 bits per heavy atom. The molecule has 0 saturated carbocycles. The summed E-state index contributed by atoms with van der Waals surface area (Å²) < 4.78 is 18.8. The standard InChI is InChI=1S/C21H18FN3O2S/c1-15(20(26)25(13-5-12-23)18-6-3-2-4-7-18)28-21-24-14-19(27-21)16-8-10-17(22)11-9-16/h2-4,6-11,14-15H,5,13H2,1H3. The van der Waals surface area contributed by atoms with E-state index >= 15 is 0 Å². The van der Waals surface area contributed by atoms with Crippen molar-refractivity contribution in [1.29, 1.82) is 5.26 Å². The Labute approximate surface area is 166 Å². The molecular weight excluding hydrogens is 377 g/mol. The third-order valence-corrected chi connectivity index (χ3v) is 4.97. The summed E-state index contributed by atoms with van der Waals surface area (Å²) in [5, 5.41) is 8.80. The molecule has 0 N–H and O–H groups in total. The van der Waals surface area contributed by atoms with Crippen molar-refractivity contribution in [1.82, 2.24) is 4.98 Å². The predicted molar refractivity (Wildman–Crippen MR) is 106 cm³/mol. The number of aromatic nitrogens is 1. The van der Waals surface area contributed by atoms with Gasteiger partial charge in [0.05, 0.1) is 23.9 Å². The van der Waals surface area contributed by atoms with Crippen LogP contribution in [0, 0.1) is 17.1 Å². The van der Waals surface area contributed by atoms with Crippen LogP contribution in [0.4, 0.5) is 10.1 Å². The van der Waals surface area contributed by atoms with Crippen molar-refractivity contribution in [2.24, 2.45) is 0 Å². The highest BCUT2D eigenvalue weighted by molar-refractivity contribution is 8.00. The van der Waals surface area contributed by atoms with Crippen LogP contribution in [0.15, 0.2) is 70.4 Å². The molecule has 2 aromatic carbocycles. The number of hydrogen-bond acceptors (Lipinski definition) is 5. The van der Waals surface area contributed by atoms with Crippen LogP contribution < -0.4 is 4.90 Å². The summed E-state index contributed by atoms with van der Waals surface area (Å²) in [6.45, 7) is 2.09. The topological polar surface area (TPSA) is 70.1 Å². The molecule has 0 aliphatic heterocycles. The van der Waals surface area contributed by atoms with E-state index in [1.54, 1.807) is 30.2 Å². The van der Waals surface area contributed by atoms with Gasteiger partial charge in [-0.2, -0.15) is 5.26 Å². The number of thioether (sulfide) groups is 1. The minimum Gasteiger partial charge on any atom is -0.431 e. The van der Waals surface area contributed by atoms with Crippen LogP contribution in [-0.4, -0.2) is 22.7 Å². The van der Waals surface area contributed by atoms with Crippen molar-refractivity contribution in [2.75, 3.05) is 11.4 Å². The average Bonchev–Trinajstić information content (AvgIpc) is 3.18. The Morgan fingerprint density at radius 2 is 1.96 bits per heavy atom. The Bertz CT molecular complexity index is 967. The van der Waals surface area contributed by atoms with E-state index in [1.807, 2.05) is 30.3 Å². The Morgan fingerprint density at radius 3 is 2.64 bits per heavy atom. The number of carbonyl (C=O) groups excluding carboxylic acids is 1. The zero-order chi connectivity index (χ0) is 19.9. The minimum atomic E-state index is -0.460. The van der Waals surface area contributed by atoms with Crippen molar-refractivity contribution < 1.29 is 13.6 Å². The molecule has 0 radical (unpaired) electrons. The van der Waals surface area contributed by atoms with Crippen LogP contribution in [-0.2, 0) is 4.79 Å². The first-order valence-corrected chi connectivity index (χ1v) is 9.58. The molecule has 5 nitrogen and oxygen atoms in total. The van der Waals surface area contributed by atoms with E-state index in [1.165, 1.54) is 23.9 Å². The monoisotopic (exact) mass is 395 g/mol. The molecule has 3 aromatic rings. The molecule has 0 saturated heterocycles. The summed E-state index contributed by atoms with van der Waals surface area (Å²) in [7, 11) is 0. The Balaban J connectivity index is 1.72. The molecule has 0 fully saturated rings. The zero-order valence-electron chi connectivity index (χ0n) is 15.2. The van der Waals surface area contributed by atoms with Crippen LogP contribution in [0.3, 0.4) is 0 Å². The van der Waals surface area contributed by atoms with Gasteiger partial charge in [-0.3, -0.25) is 4.79 Å². The fraction of sp³-hybridized carbons (Fsp3) is 0.190. The molecule has 1 unspecified atom stereocenters. The Kier molecular flexibility index (Phi) is 6.45. The normalized spacial score (nSPS) is 11.6. The van der Waals surface area contributed by atoms with Crippen molar-refractivity contribution in [3.05, 3.63) is 66.6 Å². The van der Waals surface area contributed by atoms with E-state index in [2.05, 4.69) is 11.1 Å². The second-order valence-electron chi connectivity index (χ2n) is 5.99. The summed E-state index contributed by atoms with van der Waals surface area (Å²) >= 11 is 1.20. The lowest BCUT2D eigenvalue weighted by molar-refractivity contribution is -0.117. The van der Waals surface area contributed by atoms with Crippen LogP contribution in [0.2, 0.25) is 0 Å². The smallest absolute Gasteiger partial charge is 0.256 e. The maximum absolute atomic E-state index is 13.1. The number of nitrogens with zero attached hydrogens (tertiary/aromatic N) is 3. The molecule has 1 atom stereocenters. The second kappa shape index (κ2) is 9.20. The van der Waals surface area contributed by atoms with Gasteiger partial charge in [-0.25, -0.2) is 9.37 Å². The van der Waals surface area contributed by atoms with Gasteiger partial charge in [0.2, 0.25) is 5.91 Å². The first-order valence-electron chi connectivity index (χ1n) is 8.70. The van der Waals surface area contributed by atoms with Gasteiger partial charge in [0.25, 0.3) is 5.22 Å². The molecule has 0 bridgehead atoms. The number of nitriles is 1. The number of para-hydroxylation sites is 1. The number of amides is 1. The van der Waals surface area contributed by atoms with Crippen molar-refractivity contribution in [2.45, 2.75) is 23.8 Å². The third-order valence-electron chi connectivity index (χ3n) is 4.02. The van der Waals surface area contributed by atoms with Gasteiger partial charge in [0, 0.05) is 17.8 Å². The number of carbonyl (C=O) groups is 1. The lowest BCUT2D eigenvalue weighted by Gasteiger charge is -2.24. The number of rotatable bonds is 7. The molecule has 142 valence electrons. The molecule has 0 aliphatic rings. The summed E-state index contributed by atoms with van der Waals surface area (Å²) in [5.41, 5.74) is 1.45. The molecule has 3 rings (SSSR count). The van der Waals surface area contributed by atoms with E-state index in [9.17, 15) is 9.18 Å². The van der Waals surface area contributed by atoms with Gasteiger partial charge < -0.3 is 9.32 Å². The SMILES string of the molecule is CC(Sc1ncc(-c2ccc(F)cc2)o1)C(=O)N(CCC#N)c1ccccc1. The quantitative estimate of drug-likeness (QED) is 0.532. The molecule has 1 amide bonds. The van der Waals surface area contributed by atoms with E-state index < -0.39 is 5.25 Å². The summed E-state index contributed by atoms with van der Waals surface area (Å²) in [5.74, 6) is 0.0509. The summed E-state index contributed by atoms with van der Waals surface area (Å²) in [4.78, 5) is 18.8. The van der Waals surface area contributed by atoms with Crippen molar-refractivity contribution in [3.8, 4) is 17.4 Å². The van der Waals surface area contributed by atoms with Crippen molar-refractivity contribution >= 4 is 23.4 Å². The van der Waals surface area contributed by atoms with Crippen LogP contribution >= 0.6 is 11.8 Å². The first-order chi connectivity index (χ1) is 13.6. The molecule has 7 heteroatoms. The van der Waals surface area contributed by atoms with Gasteiger partial charge >= 0.3 is 0 Å². The average molecular weight is 395 g/mol. The zero-order valence-corrected chi connectivity index (χ0v) is 16.0. The van der Waals surface area contributed by atoms with Gasteiger partial charge in [-0.05, 0) is 43.3 Å². The first kappa shape index (κ1) is 19.6. The number of halogens is 1. The summed E-state index contributed by atoms with van der Waals surface area (Å²) in [6.07, 6.45) is 1.79. The van der Waals surface area contributed by atoms with E-state index in [-0.39, 0.29) is 18.1 Å². The van der Waals surface area contributed by atoms with E-state index in [0.29, 0.717) is 23.1 Å². The highest BCUT2D eigenvalue weighted by Crippen LogP contribution is 2.29. The maximum atomic E-state index is 13.1. The van der Waals surface area contributed by atoms with Crippen LogP contribution in [0.5, 0.6) is 0 Å². The van der Waals surface area contributed by atoms with Gasteiger partial charge in [0.1, 0.15) is 5.82 Å². The highest BCUT2D eigenvalue weighted by atomic mass is 32.2. The molecule has 0 spiro atoms. The van der Waals surface area contributed by atoms with Gasteiger partial charge in [-0.1, -0.05) is 30.0 Å². The predicted octanol–water partition coefficient (Wildman–Crippen LogP) is 4.91. The van der Waals surface area contributed by atoms with E-state index in [4.69, 9.17) is 9.68 Å². The number of anilines is 1. The number of hydrogen-bond donors (Lipinski definition) is 0. The minimum absolute atomic E-state index is 0.131. The van der Waals surface area contributed by atoms with Gasteiger partial charge in [-0.15, -0.1) is 0 Å². The lowest BCUT2D eigenvalue weighted by atomic mass is 10.2. The molecule has 28 heavy (non-hydrogen) atoms. The largest absolute Gasteiger partial charge is 0.431 e. The van der Waals surface area contributed by atoms with Gasteiger partial charge in [0.15, 0.2) is 5.76 Å². The fourth-order valence-corrected chi connectivity index (χ4v) is 3.40. The number of benzene rings is 2. The lowest BCUT2D eigenvalue weighted by Crippen LogP contribution is -2.37. The molecule has 1 aromatic heterocycles. The Hall–Kier alpha value is -3.11. The maximum Gasteiger partial charge on any atom is 0.256 e. The highest BCUT2D eigenvalue weighted by Gasteiger charge is 2.24. The third kappa shape index (κ3) is 4.78.